The van der Waals surface area contributed by atoms with Gasteiger partial charge in [-0.2, -0.15) is 0 Å². The fraction of sp³-hybridized carbons (Fsp3) is 0.571. The highest BCUT2D eigenvalue weighted by Crippen LogP contribution is 2.38. The second kappa shape index (κ2) is 10.9. The number of non-ortho nitro benzene ring substituents is 1. The molecule has 1 saturated heterocycles. The van der Waals surface area contributed by atoms with Crippen molar-refractivity contribution in [1.29, 1.82) is 0 Å². The summed E-state index contributed by atoms with van der Waals surface area (Å²) in [6.07, 6.45) is 0.990. The first-order chi connectivity index (χ1) is 11.8. The lowest BCUT2D eigenvalue weighted by Crippen LogP contribution is -2.25. The Balaban J connectivity index is 0.000000381. The number of nitro groups is 1. The molecule has 1 atom stereocenters. The molecule has 2 rings (SSSR count). The van der Waals surface area contributed by atoms with Gasteiger partial charge in [-0.1, -0.05) is 0 Å². The molecule has 4 N–H and O–H groups in total. The van der Waals surface area contributed by atoms with E-state index in [9.17, 15) is 14.7 Å². The van der Waals surface area contributed by atoms with Crippen LogP contribution in [0.5, 0.6) is 0 Å². The van der Waals surface area contributed by atoms with Crippen molar-refractivity contribution < 1.29 is 23.8 Å². The quantitative estimate of drug-likeness (QED) is 0.361. The first-order valence-electron chi connectivity index (χ1n) is 7.78. The van der Waals surface area contributed by atoms with Gasteiger partial charge in [0.2, 0.25) is 0 Å². The van der Waals surface area contributed by atoms with E-state index in [1.54, 1.807) is 12.1 Å². The van der Waals surface area contributed by atoms with Crippen LogP contribution in [0.1, 0.15) is 24.3 Å². The van der Waals surface area contributed by atoms with Crippen LogP contribution in [0.25, 0.3) is 0 Å². The molecule has 0 amide bonds. The molecule has 1 heterocycles. The van der Waals surface area contributed by atoms with Gasteiger partial charge in [-0.05, 0) is 37.6 Å². The lowest BCUT2D eigenvalue weighted by molar-refractivity contribution is -0.384. The number of hydrogen-bond acceptors (Lipinski definition) is 7. The van der Waals surface area contributed by atoms with Gasteiger partial charge in [0.15, 0.2) is 0 Å². The van der Waals surface area contributed by atoms with E-state index >= 15 is 0 Å². The maximum Gasteiger partial charge on any atom is 0.469 e. The molecule has 142 valence electrons. The highest BCUT2D eigenvalue weighted by Gasteiger charge is 2.26. The summed E-state index contributed by atoms with van der Waals surface area (Å²) in [6, 6.07) is 6.87. The van der Waals surface area contributed by atoms with E-state index < -0.39 is 7.82 Å². The highest BCUT2D eigenvalue weighted by molar-refractivity contribution is 7.99. The highest BCUT2D eigenvalue weighted by atomic mass is 32.2. The molecule has 0 bridgehead atoms. The van der Waals surface area contributed by atoms with Crippen molar-refractivity contribution in [2.24, 2.45) is 5.73 Å². The Morgan fingerprint density at radius 3 is 2.52 bits per heavy atom. The van der Waals surface area contributed by atoms with Crippen LogP contribution in [0.3, 0.4) is 0 Å². The molecule has 0 aromatic heterocycles. The van der Waals surface area contributed by atoms with Crippen LogP contribution in [-0.2, 0) is 9.09 Å². The van der Waals surface area contributed by atoms with E-state index in [0.29, 0.717) is 11.9 Å². The van der Waals surface area contributed by atoms with Crippen LogP contribution in [0.15, 0.2) is 24.3 Å². The number of nitro benzene ring substituents is 1. The molecule has 1 aliphatic rings. The number of hydrogen-bond donors (Lipinski definition) is 3. The summed E-state index contributed by atoms with van der Waals surface area (Å²) >= 11 is 1.88. The number of phosphoric acid groups is 1. The smallest absolute Gasteiger partial charge is 0.330 e. The zero-order valence-electron chi connectivity index (χ0n) is 14.0. The Kier molecular flexibility index (Phi) is 9.58. The van der Waals surface area contributed by atoms with Crippen molar-refractivity contribution in [3.05, 3.63) is 39.9 Å². The average molecular weight is 393 g/mol. The second-order valence-electron chi connectivity index (χ2n) is 5.16. The zero-order valence-corrected chi connectivity index (χ0v) is 15.7. The van der Waals surface area contributed by atoms with Crippen LogP contribution in [0.2, 0.25) is 0 Å². The van der Waals surface area contributed by atoms with E-state index in [-0.39, 0.29) is 17.2 Å². The number of thioether (sulfide) groups is 1. The third-order valence-corrected chi connectivity index (χ3v) is 5.22. The third kappa shape index (κ3) is 8.28. The Hall–Kier alpha value is -1.00. The largest absolute Gasteiger partial charge is 0.469 e. The SMILES string of the molecule is CCOP(=O)(O)O.NCCCN1CCSC1c1ccc([N+](=O)[O-])cc1. The monoisotopic (exact) mass is 393 g/mol. The maximum absolute atomic E-state index is 10.6. The summed E-state index contributed by atoms with van der Waals surface area (Å²) in [4.78, 5) is 28.5. The summed E-state index contributed by atoms with van der Waals surface area (Å²) in [5.74, 6) is 1.10. The summed E-state index contributed by atoms with van der Waals surface area (Å²) in [5.41, 5.74) is 6.82. The topological polar surface area (TPSA) is 139 Å². The van der Waals surface area contributed by atoms with Gasteiger partial charge in [0.25, 0.3) is 5.69 Å². The Bertz CT molecular complexity index is 582. The van der Waals surface area contributed by atoms with Crippen molar-refractivity contribution in [1.82, 2.24) is 4.90 Å². The molecule has 1 fully saturated rings. The van der Waals surface area contributed by atoms with Crippen LogP contribution < -0.4 is 5.73 Å². The molecular formula is C14H24N3O6PS. The molecule has 1 aromatic rings. The molecule has 1 aromatic carbocycles. The lowest BCUT2D eigenvalue weighted by Gasteiger charge is -2.23. The van der Waals surface area contributed by atoms with Crippen molar-refractivity contribution in [2.45, 2.75) is 18.7 Å². The molecule has 0 saturated carbocycles. The molecular weight excluding hydrogens is 369 g/mol. The average Bonchev–Trinajstić information content (AvgIpc) is 3.01. The zero-order chi connectivity index (χ0) is 18.9. The summed E-state index contributed by atoms with van der Waals surface area (Å²) in [5, 5.41) is 10.9. The maximum atomic E-state index is 10.6. The van der Waals surface area contributed by atoms with Gasteiger partial charge in [-0.15, -0.1) is 11.8 Å². The van der Waals surface area contributed by atoms with Crippen LogP contribution in [0.4, 0.5) is 5.69 Å². The Labute approximate surface area is 150 Å². The number of benzene rings is 1. The fourth-order valence-corrected chi connectivity index (χ4v) is 3.93. The number of nitrogens with zero attached hydrogens (tertiary/aromatic N) is 2. The van der Waals surface area contributed by atoms with Crippen LogP contribution in [-0.4, -0.2) is 51.6 Å². The van der Waals surface area contributed by atoms with Gasteiger partial charge in [0, 0.05) is 31.0 Å². The minimum absolute atomic E-state index is 0.0459. The van der Waals surface area contributed by atoms with Crippen LogP contribution >= 0.6 is 19.6 Å². The summed E-state index contributed by atoms with van der Waals surface area (Å²) in [6.45, 7) is 4.31. The third-order valence-electron chi connectivity index (χ3n) is 3.32. The van der Waals surface area contributed by atoms with Gasteiger partial charge in [0.1, 0.15) is 0 Å². The molecule has 9 nitrogen and oxygen atoms in total. The molecule has 0 radical (unpaired) electrons. The van der Waals surface area contributed by atoms with E-state index in [2.05, 4.69) is 9.42 Å². The molecule has 11 heteroatoms. The van der Waals surface area contributed by atoms with Gasteiger partial charge in [-0.3, -0.25) is 19.5 Å². The number of nitrogens with two attached hydrogens (primary N) is 1. The van der Waals surface area contributed by atoms with Gasteiger partial charge in [0.05, 0.1) is 16.9 Å². The van der Waals surface area contributed by atoms with E-state index in [0.717, 1.165) is 30.8 Å². The van der Waals surface area contributed by atoms with Crippen LogP contribution in [0, 0.1) is 10.1 Å². The number of rotatable bonds is 7. The predicted octanol–water partition coefficient (Wildman–Crippen LogP) is 2.11. The van der Waals surface area contributed by atoms with Crippen molar-refractivity contribution in [3.63, 3.8) is 0 Å². The molecule has 1 unspecified atom stereocenters. The van der Waals surface area contributed by atoms with Gasteiger partial charge in [-0.25, -0.2) is 4.57 Å². The fourth-order valence-electron chi connectivity index (χ4n) is 2.26. The van der Waals surface area contributed by atoms with Crippen molar-refractivity contribution >= 4 is 25.3 Å². The molecule has 25 heavy (non-hydrogen) atoms. The summed E-state index contributed by atoms with van der Waals surface area (Å²) in [7, 11) is -4.17. The van der Waals surface area contributed by atoms with Crippen molar-refractivity contribution in [3.8, 4) is 0 Å². The van der Waals surface area contributed by atoms with Gasteiger partial charge < -0.3 is 15.5 Å². The minimum atomic E-state index is -4.17. The van der Waals surface area contributed by atoms with E-state index in [4.69, 9.17) is 15.5 Å². The molecule has 1 aliphatic heterocycles. The predicted molar refractivity (Wildman–Crippen MR) is 97.2 cm³/mol. The van der Waals surface area contributed by atoms with E-state index in [1.165, 1.54) is 6.92 Å². The normalized spacial score (nSPS) is 17.8. The van der Waals surface area contributed by atoms with Crippen molar-refractivity contribution in [2.75, 3.05) is 32.0 Å². The molecule has 0 aliphatic carbocycles. The minimum Gasteiger partial charge on any atom is -0.330 e. The van der Waals surface area contributed by atoms with Gasteiger partial charge >= 0.3 is 7.82 Å². The van der Waals surface area contributed by atoms with E-state index in [1.807, 2.05) is 23.9 Å². The number of phosphoric ester groups is 1. The Morgan fingerprint density at radius 1 is 1.44 bits per heavy atom. The lowest BCUT2D eigenvalue weighted by atomic mass is 10.2. The standard InChI is InChI=1S/C12H17N3O2S.C2H7O4P/c13-6-1-7-14-8-9-18-12(14)10-2-4-11(5-3-10)15(16)17;1-2-6-7(3,4)5/h2-5,12H,1,6-9,13H2;2H2,1H3,(H2,3,4,5). The first kappa shape index (κ1) is 22.0. The second-order valence-corrected chi connectivity index (χ2v) is 7.59. The molecule has 0 spiro atoms. The summed E-state index contributed by atoms with van der Waals surface area (Å²) < 4.78 is 13.6. The Morgan fingerprint density at radius 2 is 2.08 bits per heavy atom. The first-order valence-corrected chi connectivity index (χ1v) is 10.4.